The van der Waals surface area contributed by atoms with Gasteiger partial charge in [-0.05, 0) is 18.2 Å². The van der Waals surface area contributed by atoms with E-state index in [1.807, 2.05) is 0 Å². The number of nitriles is 1. The predicted molar refractivity (Wildman–Crippen MR) is 39.4 cm³/mol. The smallest absolute Gasteiger partial charge is 0.205 e. The van der Waals surface area contributed by atoms with Crippen molar-refractivity contribution in [1.29, 1.82) is 5.26 Å². The van der Waals surface area contributed by atoms with Crippen molar-refractivity contribution < 1.29 is 16.7 Å². The zero-order valence-corrected chi connectivity index (χ0v) is 6.98. The van der Waals surface area contributed by atoms with E-state index in [9.17, 15) is 16.7 Å². The molecule has 0 aliphatic heterocycles. The summed E-state index contributed by atoms with van der Waals surface area (Å²) in [7, 11) is -5.04. The molecule has 0 amide bonds. The molecule has 0 bridgehead atoms. The Bertz CT molecular complexity index is 476. The van der Waals surface area contributed by atoms with Gasteiger partial charge in [-0.3, -0.25) is 0 Å². The number of nitrogens with zero attached hydrogens (tertiary/aromatic N) is 1. The maximum atomic E-state index is 12.8. The van der Waals surface area contributed by atoms with Crippen molar-refractivity contribution in [2.24, 2.45) is 0 Å². The van der Waals surface area contributed by atoms with Crippen molar-refractivity contribution in [2.45, 2.75) is 4.90 Å². The highest BCUT2D eigenvalue weighted by atomic mass is 32.3. The first-order valence-corrected chi connectivity index (χ1v) is 4.48. The van der Waals surface area contributed by atoms with Crippen molar-refractivity contribution in [3.8, 4) is 6.07 Å². The third-order valence-electron chi connectivity index (χ3n) is 1.32. The molecule has 0 heterocycles. The van der Waals surface area contributed by atoms with Crippen LogP contribution in [0.3, 0.4) is 0 Å². The van der Waals surface area contributed by atoms with Gasteiger partial charge in [-0.2, -0.15) is 13.7 Å². The molecule has 0 N–H and O–H groups in total. The Balaban J connectivity index is 3.40. The lowest BCUT2D eigenvalue weighted by molar-refractivity contribution is 0.533. The van der Waals surface area contributed by atoms with Gasteiger partial charge in [0.2, 0.25) is 0 Å². The summed E-state index contributed by atoms with van der Waals surface area (Å²) in [5, 5.41) is 8.30. The molecule has 1 aromatic rings. The quantitative estimate of drug-likeness (QED) is 0.647. The summed E-state index contributed by atoms with van der Waals surface area (Å²) in [5.74, 6) is -1.26. The SMILES string of the molecule is N#Cc1ccc(S(=O)(=O)F)c(F)c1. The second-order valence-electron chi connectivity index (χ2n) is 2.19. The van der Waals surface area contributed by atoms with E-state index in [-0.39, 0.29) is 5.56 Å². The summed E-state index contributed by atoms with van der Waals surface area (Å²) in [5.41, 5.74) is -0.0649. The molecule has 13 heavy (non-hydrogen) atoms. The maximum absolute atomic E-state index is 12.8. The monoisotopic (exact) mass is 203 g/mol. The number of hydrogen-bond donors (Lipinski definition) is 0. The van der Waals surface area contributed by atoms with Crippen LogP contribution in [0.15, 0.2) is 23.1 Å². The van der Waals surface area contributed by atoms with Crippen LogP contribution >= 0.6 is 0 Å². The van der Waals surface area contributed by atoms with Gasteiger partial charge in [0.15, 0.2) is 0 Å². The Hall–Kier alpha value is -1.48. The van der Waals surface area contributed by atoms with Crippen LogP contribution in [-0.2, 0) is 10.2 Å². The van der Waals surface area contributed by atoms with Crippen molar-refractivity contribution in [1.82, 2.24) is 0 Å². The van der Waals surface area contributed by atoms with E-state index < -0.39 is 20.9 Å². The third kappa shape index (κ3) is 2.00. The number of halogens is 2. The van der Waals surface area contributed by atoms with Crippen LogP contribution in [-0.4, -0.2) is 8.42 Å². The van der Waals surface area contributed by atoms with Gasteiger partial charge in [0.25, 0.3) is 0 Å². The molecule has 0 radical (unpaired) electrons. The van der Waals surface area contributed by atoms with E-state index in [2.05, 4.69) is 0 Å². The lowest BCUT2D eigenvalue weighted by Gasteiger charge is -1.96. The fourth-order valence-corrected chi connectivity index (χ4v) is 1.29. The largest absolute Gasteiger partial charge is 0.335 e. The minimum absolute atomic E-state index is 0.0649. The standard InChI is InChI=1S/C7H3F2NO2S/c8-6-3-5(4-10)1-2-7(6)13(9,11)12/h1-3H. The van der Waals surface area contributed by atoms with Crippen LogP contribution in [0.4, 0.5) is 8.28 Å². The lowest BCUT2D eigenvalue weighted by atomic mass is 10.2. The van der Waals surface area contributed by atoms with Gasteiger partial charge in [0.05, 0.1) is 11.6 Å². The molecule has 0 unspecified atom stereocenters. The van der Waals surface area contributed by atoms with Gasteiger partial charge in [0.1, 0.15) is 10.7 Å². The van der Waals surface area contributed by atoms with E-state index in [0.29, 0.717) is 12.1 Å². The average Bonchev–Trinajstić information content (AvgIpc) is 2.01. The molecule has 1 rings (SSSR count). The van der Waals surface area contributed by atoms with Crippen LogP contribution in [0.1, 0.15) is 5.56 Å². The molecular formula is C7H3F2NO2S. The number of rotatable bonds is 1. The van der Waals surface area contributed by atoms with Crippen LogP contribution < -0.4 is 0 Å². The molecule has 0 aromatic heterocycles. The first kappa shape index (κ1) is 9.61. The maximum Gasteiger partial charge on any atom is 0.335 e. The lowest BCUT2D eigenvalue weighted by Crippen LogP contribution is -1.96. The Labute approximate surface area is 73.4 Å². The second-order valence-corrected chi connectivity index (χ2v) is 3.51. The molecular weight excluding hydrogens is 200 g/mol. The van der Waals surface area contributed by atoms with Crippen LogP contribution in [0.5, 0.6) is 0 Å². The van der Waals surface area contributed by atoms with E-state index in [1.54, 1.807) is 6.07 Å². The Morgan fingerprint density at radius 3 is 2.38 bits per heavy atom. The zero-order valence-electron chi connectivity index (χ0n) is 6.16. The third-order valence-corrected chi connectivity index (χ3v) is 2.18. The Morgan fingerprint density at radius 1 is 1.38 bits per heavy atom. The summed E-state index contributed by atoms with van der Waals surface area (Å²) >= 11 is 0. The molecule has 0 saturated carbocycles. The molecule has 0 fully saturated rings. The summed E-state index contributed by atoms with van der Waals surface area (Å²) in [4.78, 5) is -1.05. The van der Waals surface area contributed by atoms with Crippen LogP contribution in [0, 0.1) is 17.1 Å². The van der Waals surface area contributed by atoms with Crippen LogP contribution in [0.25, 0.3) is 0 Å². The van der Waals surface area contributed by atoms with Crippen molar-refractivity contribution in [3.63, 3.8) is 0 Å². The zero-order chi connectivity index (χ0) is 10.1. The van der Waals surface area contributed by atoms with Gasteiger partial charge < -0.3 is 0 Å². The molecule has 1 aromatic carbocycles. The summed E-state index contributed by atoms with van der Waals surface area (Å²) < 4.78 is 45.6. The molecule has 0 aliphatic rings. The topological polar surface area (TPSA) is 57.9 Å². The van der Waals surface area contributed by atoms with Crippen LogP contribution in [0.2, 0.25) is 0 Å². The van der Waals surface area contributed by atoms with Gasteiger partial charge in [-0.25, -0.2) is 4.39 Å². The van der Waals surface area contributed by atoms with Gasteiger partial charge in [-0.1, -0.05) is 0 Å². The normalized spacial score (nSPS) is 10.8. The Morgan fingerprint density at radius 2 is 2.00 bits per heavy atom. The number of hydrogen-bond acceptors (Lipinski definition) is 3. The first-order valence-electron chi connectivity index (χ1n) is 3.09. The molecule has 6 heteroatoms. The van der Waals surface area contributed by atoms with Gasteiger partial charge in [-0.15, -0.1) is 3.89 Å². The van der Waals surface area contributed by atoms with Gasteiger partial charge >= 0.3 is 10.2 Å². The van der Waals surface area contributed by atoms with Crippen molar-refractivity contribution in [3.05, 3.63) is 29.6 Å². The number of benzene rings is 1. The molecule has 0 aliphatic carbocycles. The molecule has 0 spiro atoms. The fraction of sp³-hybridized carbons (Fsp3) is 0. The van der Waals surface area contributed by atoms with E-state index in [1.165, 1.54) is 0 Å². The van der Waals surface area contributed by atoms with E-state index in [4.69, 9.17) is 5.26 Å². The molecule has 3 nitrogen and oxygen atoms in total. The minimum atomic E-state index is -5.04. The van der Waals surface area contributed by atoms with Gasteiger partial charge in [0, 0.05) is 0 Å². The summed E-state index contributed by atoms with van der Waals surface area (Å²) in [6, 6.07) is 3.98. The minimum Gasteiger partial charge on any atom is -0.205 e. The predicted octanol–water partition coefficient (Wildman–Crippen LogP) is 1.36. The molecule has 0 atom stereocenters. The summed E-state index contributed by atoms with van der Waals surface area (Å²) in [6.07, 6.45) is 0. The second kappa shape index (κ2) is 3.11. The van der Waals surface area contributed by atoms with Crippen molar-refractivity contribution >= 4 is 10.2 Å². The van der Waals surface area contributed by atoms with E-state index >= 15 is 0 Å². The van der Waals surface area contributed by atoms with E-state index in [0.717, 1.165) is 6.07 Å². The van der Waals surface area contributed by atoms with Crippen molar-refractivity contribution in [2.75, 3.05) is 0 Å². The highest BCUT2D eigenvalue weighted by Crippen LogP contribution is 2.17. The average molecular weight is 203 g/mol. The Kier molecular flexibility index (Phi) is 2.30. The summed E-state index contributed by atoms with van der Waals surface area (Å²) in [6.45, 7) is 0. The first-order chi connectivity index (χ1) is 5.95. The molecule has 68 valence electrons. The fourth-order valence-electron chi connectivity index (χ4n) is 0.768. The highest BCUT2D eigenvalue weighted by Gasteiger charge is 2.17. The molecule has 0 saturated heterocycles. The highest BCUT2D eigenvalue weighted by molar-refractivity contribution is 7.86.